The predicted octanol–water partition coefficient (Wildman–Crippen LogP) is 2.17. The lowest BCUT2D eigenvalue weighted by molar-refractivity contribution is -0.128. The summed E-state index contributed by atoms with van der Waals surface area (Å²) >= 11 is 0. The molecule has 0 saturated carbocycles. The van der Waals surface area contributed by atoms with Crippen LogP contribution in [0, 0.1) is 5.41 Å². The number of aromatic nitrogens is 1. The molecule has 0 radical (unpaired) electrons. The Kier molecular flexibility index (Phi) is 6.77. The minimum Gasteiger partial charge on any atom is -0.444 e. The Hall–Kier alpha value is -2.83. The number of nitrogens with one attached hydrogen (secondary N) is 3. The van der Waals surface area contributed by atoms with Crippen LogP contribution in [0.15, 0.2) is 46.0 Å². The Morgan fingerprint density at radius 3 is 2.46 bits per heavy atom. The highest BCUT2D eigenvalue weighted by Crippen LogP contribution is 2.17. The minimum atomic E-state index is -0.386. The molecule has 0 atom stereocenters. The van der Waals surface area contributed by atoms with Gasteiger partial charge in [0, 0.05) is 31.1 Å². The van der Waals surface area contributed by atoms with Crippen LogP contribution in [0.5, 0.6) is 0 Å². The van der Waals surface area contributed by atoms with Crippen LogP contribution >= 0.6 is 0 Å². The summed E-state index contributed by atoms with van der Waals surface area (Å²) in [6, 6.07) is 9.75. The Labute approximate surface area is 154 Å². The average Bonchev–Trinajstić information content (AvgIpc) is 3.10. The van der Waals surface area contributed by atoms with Crippen molar-refractivity contribution in [2.75, 3.05) is 20.1 Å². The molecule has 140 valence electrons. The number of hydrogen-bond acceptors (Lipinski definition) is 4. The van der Waals surface area contributed by atoms with Crippen molar-refractivity contribution in [3.05, 3.63) is 42.3 Å². The zero-order valence-corrected chi connectivity index (χ0v) is 15.8. The molecule has 0 aliphatic carbocycles. The SMILES string of the molecule is CN=C(NCCNC(=O)C(C)(C)C)NCc1coc(-c2ccccc2)n1. The largest absolute Gasteiger partial charge is 0.444 e. The topological polar surface area (TPSA) is 91.5 Å². The summed E-state index contributed by atoms with van der Waals surface area (Å²) < 4.78 is 5.51. The maximum Gasteiger partial charge on any atom is 0.226 e. The summed E-state index contributed by atoms with van der Waals surface area (Å²) in [6.45, 7) is 7.26. The van der Waals surface area contributed by atoms with E-state index in [0.29, 0.717) is 31.5 Å². The summed E-state index contributed by atoms with van der Waals surface area (Å²) in [5.41, 5.74) is 1.34. The highest BCUT2D eigenvalue weighted by Gasteiger charge is 2.20. The van der Waals surface area contributed by atoms with Crippen molar-refractivity contribution in [2.24, 2.45) is 10.4 Å². The summed E-state index contributed by atoms with van der Waals surface area (Å²) in [5.74, 6) is 1.26. The average molecular weight is 357 g/mol. The number of amides is 1. The fourth-order valence-electron chi connectivity index (χ4n) is 2.12. The molecule has 1 aromatic heterocycles. The second-order valence-electron chi connectivity index (χ2n) is 6.87. The van der Waals surface area contributed by atoms with E-state index in [1.807, 2.05) is 51.1 Å². The molecule has 0 aliphatic rings. The first-order valence-electron chi connectivity index (χ1n) is 8.63. The van der Waals surface area contributed by atoms with Crippen LogP contribution < -0.4 is 16.0 Å². The van der Waals surface area contributed by atoms with E-state index in [0.717, 1.165) is 11.3 Å². The van der Waals surface area contributed by atoms with Crippen LogP contribution in [0.3, 0.4) is 0 Å². The first kappa shape index (κ1) is 19.5. The van der Waals surface area contributed by atoms with Crippen LogP contribution in [0.2, 0.25) is 0 Å². The summed E-state index contributed by atoms with van der Waals surface area (Å²) in [4.78, 5) is 20.4. The van der Waals surface area contributed by atoms with Gasteiger partial charge in [-0.15, -0.1) is 0 Å². The van der Waals surface area contributed by atoms with E-state index in [1.54, 1.807) is 13.3 Å². The van der Waals surface area contributed by atoms with Gasteiger partial charge in [-0.25, -0.2) is 4.98 Å². The standard InChI is InChI=1S/C19H27N5O2/c1-19(2,3)17(25)21-10-11-22-18(20-4)23-12-15-13-26-16(24-15)14-8-6-5-7-9-14/h5-9,13H,10-12H2,1-4H3,(H,21,25)(H2,20,22,23). The van der Waals surface area contributed by atoms with Gasteiger partial charge in [0.1, 0.15) is 6.26 Å². The van der Waals surface area contributed by atoms with E-state index in [4.69, 9.17) is 4.42 Å². The van der Waals surface area contributed by atoms with E-state index in [-0.39, 0.29) is 11.3 Å². The first-order valence-corrected chi connectivity index (χ1v) is 8.63. The van der Waals surface area contributed by atoms with E-state index in [1.165, 1.54) is 0 Å². The van der Waals surface area contributed by atoms with Crippen molar-refractivity contribution in [1.29, 1.82) is 0 Å². The summed E-state index contributed by atoms with van der Waals surface area (Å²) in [7, 11) is 1.70. The minimum absolute atomic E-state index is 0.0262. The van der Waals surface area contributed by atoms with E-state index < -0.39 is 0 Å². The van der Waals surface area contributed by atoms with Crippen LogP contribution in [-0.4, -0.2) is 37.0 Å². The third-order valence-corrected chi connectivity index (χ3v) is 3.62. The van der Waals surface area contributed by atoms with Gasteiger partial charge in [-0.05, 0) is 12.1 Å². The van der Waals surface area contributed by atoms with Crippen molar-refractivity contribution in [3.63, 3.8) is 0 Å². The lowest BCUT2D eigenvalue weighted by Gasteiger charge is -2.18. The number of guanidine groups is 1. The maximum absolute atomic E-state index is 11.8. The number of nitrogens with zero attached hydrogens (tertiary/aromatic N) is 2. The van der Waals surface area contributed by atoms with E-state index in [2.05, 4.69) is 25.9 Å². The van der Waals surface area contributed by atoms with Crippen molar-refractivity contribution in [2.45, 2.75) is 27.3 Å². The lowest BCUT2D eigenvalue weighted by Crippen LogP contribution is -2.43. The molecule has 26 heavy (non-hydrogen) atoms. The molecule has 2 aromatic rings. The Morgan fingerprint density at radius 1 is 1.12 bits per heavy atom. The molecule has 1 aromatic carbocycles. The van der Waals surface area contributed by atoms with Gasteiger partial charge in [-0.3, -0.25) is 9.79 Å². The molecule has 1 amide bonds. The second-order valence-corrected chi connectivity index (χ2v) is 6.87. The second kappa shape index (κ2) is 9.03. The first-order chi connectivity index (χ1) is 12.4. The molecule has 3 N–H and O–H groups in total. The number of rotatable bonds is 6. The van der Waals surface area contributed by atoms with Crippen molar-refractivity contribution >= 4 is 11.9 Å². The Bertz CT molecular complexity index is 732. The molecule has 0 saturated heterocycles. The zero-order valence-electron chi connectivity index (χ0n) is 15.8. The van der Waals surface area contributed by atoms with Gasteiger partial charge < -0.3 is 20.4 Å². The van der Waals surface area contributed by atoms with Gasteiger partial charge in [-0.1, -0.05) is 39.0 Å². The predicted molar refractivity (Wildman–Crippen MR) is 103 cm³/mol. The number of carbonyl (C=O) groups is 1. The monoisotopic (exact) mass is 357 g/mol. The van der Waals surface area contributed by atoms with Gasteiger partial charge in [-0.2, -0.15) is 0 Å². The summed E-state index contributed by atoms with van der Waals surface area (Å²) in [6.07, 6.45) is 1.63. The molecule has 0 bridgehead atoms. The van der Waals surface area contributed by atoms with Gasteiger partial charge >= 0.3 is 0 Å². The van der Waals surface area contributed by atoms with Crippen LogP contribution in [-0.2, 0) is 11.3 Å². The highest BCUT2D eigenvalue weighted by molar-refractivity contribution is 5.81. The number of benzene rings is 1. The molecule has 7 heteroatoms. The molecule has 0 fully saturated rings. The zero-order chi connectivity index (χ0) is 19.0. The molecule has 7 nitrogen and oxygen atoms in total. The van der Waals surface area contributed by atoms with Gasteiger partial charge in [0.2, 0.25) is 11.8 Å². The normalized spacial score (nSPS) is 11.9. The van der Waals surface area contributed by atoms with Gasteiger partial charge in [0.05, 0.1) is 12.2 Å². The Balaban J connectivity index is 1.76. The molecule has 2 rings (SSSR count). The molecule has 0 aliphatic heterocycles. The molecular formula is C19H27N5O2. The third kappa shape index (κ3) is 5.91. The van der Waals surface area contributed by atoms with Crippen molar-refractivity contribution < 1.29 is 9.21 Å². The molecule has 0 spiro atoms. The number of aliphatic imine (C=N–C) groups is 1. The number of carbonyl (C=O) groups excluding carboxylic acids is 1. The van der Waals surface area contributed by atoms with Crippen LogP contribution in [0.25, 0.3) is 11.5 Å². The van der Waals surface area contributed by atoms with E-state index >= 15 is 0 Å². The number of oxazole rings is 1. The molecular weight excluding hydrogens is 330 g/mol. The summed E-state index contributed by atoms with van der Waals surface area (Å²) in [5, 5.41) is 9.21. The fraction of sp³-hybridized carbons (Fsp3) is 0.421. The quantitative estimate of drug-likeness (QED) is 0.419. The third-order valence-electron chi connectivity index (χ3n) is 3.62. The van der Waals surface area contributed by atoms with Crippen LogP contribution in [0.1, 0.15) is 26.5 Å². The highest BCUT2D eigenvalue weighted by atomic mass is 16.3. The number of hydrogen-bond donors (Lipinski definition) is 3. The fourth-order valence-corrected chi connectivity index (χ4v) is 2.12. The van der Waals surface area contributed by atoms with Crippen LogP contribution in [0.4, 0.5) is 0 Å². The maximum atomic E-state index is 11.8. The molecule has 1 heterocycles. The lowest BCUT2D eigenvalue weighted by atomic mass is 9.96. The molecule has 0 unspecified atom stereocenters. The van der Waals surface area contributed by atoms with Gasteiger partial charge in [0.25, 0.3) is 0 Å². The van der Waals surface area contributed by atoms with Crippen molar-refractivity contribution in [1.82, 2.24) is 20.9 Å². The van der Waals surface area contributed by atoms with E-state index in [9.17, 15) is 4.79 Å². The van der Waals surface area contributed by atoms with Crippen molar-refractivity contribution in [3.8, 4) is 11.5 Å². The Morgan fingerprint density at radius 2 is 1.81 bits per heavy atom. The smallest absolute Gasteiger partial charge is 0.226 e. The van der Waals surface area contributed by atoms with Gasteiger partial charge in [0.15, 0.2) is 5.96 Å².